The number of hydrogen-bond donors (Lipinski definition) is 1. The highest BCUT2D eigenvalue weighted by molar-refractivity contribution is 5.69. The van der Waals surface area contributed by atoms with E-state index in [2.05, 4.69) is 15.0 Å². The average Bonchev–Trinajstić information content (AvgIpc) is 2.16. The molecule has 0 bridgehead atoms. The molecule has 4 heteroatoms. The highest BCUT2D eigenvalue weighted by atomic mass is 16.5. The zero-order chi connectivity index (χ0) is 8.81. The van der Waals surface area contributed by atoms with Crippen molar-refractivity contribution in [3.05, 3.63) is 0 Å². The first-order valence-electron chi connectivity index (χ1n) is 4.33. The largest absolute Gasteiger partial charge is 0.469 e. The molecule has 12 heavy (non-hydrogen) atoms. The van der Waals surface area contributed by atoms with Crippen molar-refractivity contribution in [1.29, 1.82) is 0 Å². The Morgan fingerprint density at radius 2 is 2.17 bits per heavy atom. The molecule has 0 amide bonds. The highest BCUT2D eigenvalue weighted by Gasteiger charge is 2.10. The first-order valence-corrected chi connectivity index (χ1v) is 4.33. The average molecular weight is 172 g/mol. The molecule has 0 spiro atoms. The first kappa shape index (κ1) is 9.48. The molecule has 0 radical (unpaired) electrons. The van der Waals surface area contributed by atoms with E-state index >= 15 is 0 Å². The zero-order valence-corrected chi connectivity index (χ0v) is 7.51. The summed E-state index contributed by atoms with van der Waals surface area (Å²) in [6.07, 6.45) is 0.510. The number of hydrogen-bond acceptors (Lipinski definition) is 4. The number of esters is 1. The Balaban J connectivity index is 2.09. The fourth-order valence-corrected chi connectivity index (χ4v) is 1.29. The molecule has 1 saturated heterocycles. The van der Waals surface area contributed by atoms with Crippen molar-refractivity contribution in [2.24, 2.45) is 0 Å². The number of rotatable bonds is 3. The van der Waals surface area contributed by atoms with Gasteiger partial charge in [0.15, 0.2) is 0 Å². The van der Waals surface area contributed by atoms with Gasteiger partial charge in [0.25, 0.3) is 0 Å². The fourth-order valence-electron chi connectivity index (χ4n) is 1.29. The number of methoxy groups -OCH3 is 1. The molecule has 0 aromatic rings. The molecule has 0 atom stereocenters. The maximum atomic E-state index is 10.8. The van der Waals surface area contributed by atoms with Crippen LogP contribution in [0.15, 0.2) is 0 Å². The minimum atomic E-state index is -0.117. The lowest BCUT2D eigenvalue weighted by atomic mass is 10.3. The molecular weight excluding hydrogens is 156 g/mol. The summed E-state index contributed by atoms with van der Waals surface area (Å²) in [5, 5.41) is 3.26. The number of nitrogens with zero attached hydrogens (tertiary/aromatic N) is 1. The lowest BCUT2D eigenvalue weighted by molar-refractivity contribution is -0.141. The van der Waals surface area contributed by atoms with Crippen molar-refractivity contribution in [1.82, 2.24) is 10.2 Å². The van der Waals surface area contributed by atoms with E-state index in [1.165, 1.54) is 7.11 Å². The first-order chi connectivity index (χ1) is 5.83. The van der Waals surface area contributed by atoms with Gasteiger partial charge in [0, 0.05) is 32.7 Å². The quantitative estimate of drug-likeness (QED) is 0.580. The standard InChI is InChI=1S/C8H16N2O2/c1-12-8(11)2-5-10-6-3-9-4-7-10/h9H,2-7H2,1H3. The van der Waals surface area contributed by atoms with Gasteiger partial charge in [-0.15, -0.1) is 0 Å². The van der Waals surface area contributed by atoms with Gasteiger partial charge in [0.2, 0.25) is 0 Å². The van der Waals surface area contributed by atoms with E-state index in [0.717, 1.165) is 32.7 Å². The third kappa shape index (κ3) is 3.19. The molecule has 70 valence electrons. The van der Waals surface area contributed by atoms with Gasteiger partial charge in [-0.2, -0.15) is 0 Å². The molecule has 1 heterocycles. The maximum Gasteiger partial charge on any atom is 0.306 e. The second-order valence-electron chi connectivity index (χ2n) is 2.92. The minimum Gasteiger partial charge on any atom is -0.469 e. The molecule has 1 aliphatic heterocycles. The van der Waals surface area contributed by atoms with Crippen molar-refractivity contribution >= 4 is 5.97 Å². The Morgan fingerprint density at radius 3 is 2.75 bits per heavy atom. The van der Waals surface area contributed by atoms with Gasteiger partial charge in [-0.3, -0.25) is 4.79 Å². The van der Waals surface area contributed by atoms with Crippen molar-refractivity contribution in [2.45, 2.75) is 6.42 Å². The number of carbonyl (C=O) groups excluding carboxylic acids is 1. The van der Waals surface area contributed by atoms with E-state index in [4.69, 9.17) is 0 Å². The molecule has 0 aromatic heterocycles. The van der Waals surface area contributed by atoms with Crippen molar-refractivity contribution in [2.75, 3.05) is 39.8 Å². The van der Waals surface area contributed by atoms with Crippen LogP contribution in [0.3, 0.4) is 0 Å². The predicted octanol–water partition coefficient (Wildman–Crippen LogP) is -0.545. The number of carbonyl (C=O) groups is 1. The molecule has 0 unspecified atom stereocenters. The zero-order valence-electron chi connectivity index (χ0n) is 7.51. The summed E-state index contributed by atoms with van der Waals surface area (Å²) < 4.78 is 4.56. The third-order valence-electron chi connectivity index (χ3n) is 2.07. The van der Waals surface area contributed by atoms with Crippen LogP contribution in [0, 0.1) is 0 Å². The molecule has 0 aliphatic carbocycles. The van der Waals surface area contributed by atoms with Gasteiger partial charge >= 0.3 is 5.97 Å². The highest BCUT2D eigenvalue weighted by Crippen LogP contribution is 1.94. The van der Waals surface area contributed by atoms with Crippen LogP contribution in [0.4, 0.5) is 0 Å². The predicted molar refractivity (Wildman–Crippen MR) is 45.9 cm³/mol. The SMILES string of the molecule is COC(=O)CCN1CCNCC1. The fraction of sp³-hybridized carbons (Fsp3) is 0.875. The molecular formula is C8H16N2O2. The van der Waals surface area contributed by atoms with Crippen LogP contribution in [-0.4, -0.2) is 50.7 Å². The summed E-state index contributed by atoms with van der Waals surface area (Å²) in [6.45, 7) is 4.96. The van der Waals surface area contributed by atoms with Crippen LogP contribution in [0.5, 0.6) is 0 Å². The van der Waals surface area contributed by atoms with E-state index in [1.54, 1.807) is 0 Å². The van der Waals surface area contributed by atoms with Crippen LogP contribution in [0.25, 0.3) is 0 Å². The molecule has 0 saturated carbocycles. The van der Waals surface area contributed by atoms with E-state index in [-0.39, 0.29) is 5.97 Å². The summed E-state index contributed by atoms with van der Waals surface area (Å²) in [7, 11) is 1.43. The summed E-state index contributed by atoms with van der Waals surface area (Å²) >= 11 is 0. The maximum absolute atomic E-state index is 10.8. The summed E-state index contributed by atoms with van der Waals surface area (Å²) in [5.74, 6) is -0.117. The van der Waals surface area contributed by atoms with Crippen molar-refractivity contribution < 1.29 is 9.53 Å². The Labute approximate surface area is 72.9 Å². The topological polar surface area (TPSA) is 41.6 Å². The lowest BCUT2D eigenvalue weighted by Crippen LogP contribution is -2.44. The molecule has 1 fully saturated rings. The van der Waals surface area contributed by atoms with E-state index in [9.17, 15) is 4.79 Å². The number of piperazine rings is 1. The van der Waals surface area contributed by atoms with Crippen molar-refractivity contribution in [3.63, 3.8) is 0 Å². The molecule has 4 nitrogen and oxygen atoms in total. The van der Waals surface area contributed by atoms with E-state index in [0.29, 0.717) is 6.42 Å². The Hall–Kier alpha value is -0.610. The van der Waals surface area contributed by atoms with Gasteiger partial charge in [-0.25, -0.2) is 0 Å². The van der Waals surface area contributed by atoms with Crippen molar-refractivity contribution in [3.8, 4) is 0 Å². The van der Waals surface area contributed by atoms with Crippen LogP contribution < -0.4 is 5.32 Å². The van der Waals surface area contributed by atoms with E-state index < -0.39 is 0 Å². The Kier molecular flexibility index (Phi) is 4.04. The number of ether oxygens (including phenoxy) is 1. The smallest absolute Gasteiger partial charge is 0.306 e. The second-order valence-corrected chi connectivity index (χ2v) is 2.92. The van der Waals surface area contributed by atoms with Crippen LogP contribution in [0.2, 0.25) is 0 Å². The third-order valence-corrected chi connectivity index (χ3v) is 2.07. The molecule has 0 aromatic carbocycles. The van der Waals surface area contributed by atoms with Gasteiger partial charge in [0.1, 0.15) is 0 Å². The monoisotopic (exact) mass is 172 g/mol. The van der Waals surface area contributed by atoms with E-state index in [1.807, 2.05) is 0 Å². The van der Waals surface area contributed by atoms with Gasteiger partial charge in [0.05, 0.1) is 13.5 Å². The van der Waals surface area contributed by atoms with Gasteiger partial charge in [-0.1, -0.05) is 0 Å². The Morgan fingerprint density at radius 1 is 1.50 bits per heavy atom. The minimum absolute atomic E-state index is 0.117. The summed E-state index contributed by atoms with van der Waals surface area (Å²) in [5.41, 5.74) is 0. The molecule has 1 aliphatic rings. The summed E-state index contributed by atoms with van der Waals surface area (Å²) in [4.78, 5) is 13.1. The lowest BCUT2D eigenvalue weighted by Gasteiger charge is -2.26. The molecule has 1 N–H and O–H groups in total. The van der Waals surface area contributed by atoms with Crippen LogP contribution in [-0.2, 0) is 9.53 Å². The van der Waals surface area contributed by atoms with Gasteiger partial charge in [-0.05, 0) is 0 Å². The van der Waals surface area contributed by atoms with Crippen LogP contribution >= 0.6 is 0 Å². The normalized spacial score (nSPS) is 19.1. The molecule has 1 rings (SSSR count). The number of nitrogens with one attached hydrogen (secondary N) is 1. The second kappa shape index (κ2) is 5.11. The Bertz CT molecular complexity index is 144. The van der Waals surface area contributed by atoms with Crippen LogP contribution in [0.1, 0.15) is 6.42 Å². The van der Waals surface area contributed by atoms with Gasteiger partial charge < -0.3 is 15.0 Å². The summed E-state index contributed by atoms with van der Waals surface area (Å²) in [6, 6.07) is 0.